The average molecular weight is 362 g/mol. The summed E-state index contributed by atoms with van der Waals surface area (Å²) < 4.78 is 37.2. The Bertz CT molecular complexity index is 674. The average Bonchev–Trinajstić information content (AvgIpc) is 2.47. The molecule has 0 spiro atoms. The predicted molar refractivity (Wildman–Crippen MR) is 83.4 cm³/mol. The van der Waals surface area contributed by atoms with Crippen molar-refractivity contribution in [1.29, 1.82) is 0 Å². The fourth-order valence-corrected chi connectivity index (χ4v) is 2.94. The zero-order valence-corrected chi connectivity index (χ0v) is 13.9. The van der Waals surface area contributed by atoms with Gasteiger partial charge >= 0.3 is 11.9 Å². The van der Waals surface area contributed by atoms with Crippen molar-refractivity contribution in [3.8, 4) is 0 Å². The van der Waals surface area contributed by atoms with Crippen LogP contribution in [0.25, 0.3) is 0 Å². The summed E-state index contributed by atoms with van der Waals surface area (Å²) in [5.74, 6) is -3.88. The minimum absolute atomic E-state index is 0.234. The van der Waals surface area contributed by atoms with Crippen LogP contribution >= 0.6 is 0 Å². The van der Waals surface area contributed by atoms with E-state index in [0.717, 1.165) is 5.56 Å². The van der Waals surface area contributed by atoms with Crippen LogP contribution in [0.4, 0.5) is 4.39 Å². The van der Waals surface area contributed by atoms with Crippen molar-refractivity contribution in [2.75, 3.05) is 32.4 Å². The molecule has 2 rings (SSSR count). The molecule has 0 atom stereocenters. The number of carboxylic acids is 2. The van der Waals surface area contributed by atoms with Crippen LogP contribution in [-0.2, 0) is 26.2 Å². The van der Waals surface area contributed by atoms with Crippen LogP contribution < -0.4 is 0 Å². The van der Waals surface area contributed by atoms with Gasteiger partial charge in [0.2, 0.25) is 10.0 Å². The second kappa shape index (κ2) is 8.71. The SMILES string of the molecule is CS(=O)(=O)N1CCN(Cc2cccc(F)c2)CC1.O=C(O)C(=O)O. The summed E-state index contributed by atoms with van der Waals surface area (Å²) in [6, 6.07) is 6.51. The maximum Gasteiger partial charge on any atom is 0.414 e. The van der Waals surface area contributed by atoms with Gasteiger partial charge in [-0.3, -0.25) is 4.90 Å². The Labute approximate surface area is 139 Å². The first kappa shape index (κ1) is 20.0. The molecule has 0 radical (unpaired) electrons. The lowest BCUT2D eigenvalue weighted by Gasteiger charge is -2.33. The van der Waals surface area contributed by atoms with Crippen LogP contribution in [0.1, 0.15) is 5.56 Å². The number of benzene rings is 1. The van der Waals surface area contributed by atoms with Gasteiger partial charge in [-0.15, -0.1) is 0 Å². The Hall–Kier alpha value is -2.04. The number of piperazine rings is 1. The van der Waals surface area contributed by atoms with Gasteiger partial charge in [0.05, 0.1) is 6.26 Å². The largest absolute Gasteiger partial charge is 0.473 e. The van der Waals surface area contributed by atoms with E-state index in [4.69, 9.17) is 19.8 Å². The van der Waals surface area contributed by atoms with Gasteiger partial charge in [-0.05, 0) is 17.7 Å². The van der Waals surface area contributed by atoms with E-state index in [2.05, 4.69) is 4.90 Å². The highest BCUT2D eigenvalue weighted by Crippen LogP contribution is 2.11. The maximum atomic E-state index is 13.0. The second-order valence-electron chi connectivity index (χ2n) is 5.18. The molecule has 1 saturated heterocycles. The molecule has 0 aromatic heterocycles. The van der Waals surface area contributed by atoms with Gasteiger partial charge in [0.25, 0.3) is 0 Å². The number of aliphatic carboxylic acids is 2. The van der Waals surface area contributed by atoms with Gasteiger partial charge in [0.1, 0.15) is 5.82 Å². The van der Waals surface area contributed by atoms with Crippen LogP contribution in [0.2, 0.25) is 0 Å². The van der Waals surface area contributed by atoms with Gasteiger partial charge in [-0.1, -0.05) is 12.1 Å². The highest BCUT2D eigenvalue weighted by Gasteiger charge is 2.23. The molecule has 0 amide bonds. The van der Waals surface area contributed by atoms with Crippen LogP contribution in [0.15, 0.2) is 24.3 Å². The first-order chi connectivity index (χ1) is 11.1. The smallest absolute Gasteiger partial charge is 0.414 e. The van der Waals surface area contributed by atoms with Crippen molar-refractivity contribution in [1.82, 2.24) is 9.21 Å². The topological polar surface area (TPSA) is 115 Å². The van der Waals surface area contributed by atoms with Crippen molar-refractivity contribution < 1.29 is 32.6 Å². The standard InChI is InChI=1S/C12H17FN2O2S.C2H2O4/c1-18(16,17)15-7-5-14(6-8-15)10-11-3-2-4-12(13)9-11;3-1(4)2(5)6/h2-4,9H,5-8,10H2,1H3;(H,3,4)(H,5,6). The van der Waals surface area contributed by atoms with Crippen LogP contribution in [0, 0.1) is 5.82 Å². The zero-order valence-electron chi connectivity index (χ0n) is 13.1. The zero-order chi connectivity index (χ0) is 18.3. The molecule has 0 unspecified atom stereocenters. The molecule has 1 aliphatic heterocycles. The summed E-state index contributed by atoms with van der Waals surface area (Å²) in [6.45, 7) is 3.05. The lowest BCUT2D eigenvalue weighted by molar-refractivity contribution is -0.159. The van der Waals surface area contributed by atoms with Crippen LogP contribution in [0.5, 0.6) is 0 Å². The molecule has 1 fully saturated rings. The fourth-order valence-electron chi connectivity index (χ4n) is 2.11. The second-order valence-corrected chi connectivity index (χ2v) is 7.16. The molecular formula is C14H19FN2O6S. The molecule has 1 heterocycles. The first-order valence-electron chi connectivity index (χ1n) is 6.97. The van der Waals surface area contributed by atoms with E-state index < -0.39 is 22.0 Å². The van der Waals surface area contributed by atoms with E-state index in [-0.39, 0.29) is 5.82 Å². The Kier molecular flexibility index (Phi) is 7.26. The lowest BCUT2D eigenvalue weighted by atomic mass is 10.2. The molecule has 10 heteroatoms. The number of nitrogens with zero attached hydrogens (tertiary/aromatic N) is 2. The lowest BCUT2D eigenvalue weighted by Crippen LogP contribution is -2.47. The summed E-state index contributed by atoms with van der Waals surface area (Å²) in [5.41, 5.74) is 0.919. The van der Waals surface area contributed by atoms with Crippen LogP contribution in [-0.4, -0.2) is 72.2 Å². The third kappa shape index (κ3) is 7.02. The number of hydrogen-bond donors (Lipinski definition) is 2. The quantitative estimate of drug-likeness (QED) is 0.731. The van der Waals surface area contributed by atoms with E-state index in [1.54, 1.807) is 6.07 Å². The number of carbonyl (C=O) groups is 2. The van der Waals surface area contributed by atoms with Gasteiger partial charge in [-0.2, -0.15) is 4.31 Å². The van der Waals surface area contributed by atoms with Gasteiger partial charge in [-0.25, -0.2) is 22.4 Å². The summed E-state index contributed by atoms with van der Waals surface area (Å²) in [6.07, 6.45) is 1.23. The Morgan fingerprint density at radius 2 is 1.67 bits per heavy atom. The van der Waals surface area contributed by atoms with Gasteiger partial charge < -0.3 is 10.2 Å². The molecule has 2 N–H and O–H groups in total. The molecule has 0 bridgehead atoms. The molecule has 1 aliphatic rings. The van der Waals surface area contributed by atoms with Crippen molar-refractivity contribution in [2.24, 2.45) is 0 Å². The Morgan fingerprint density at radius 3 is 2.08 bits per heavy atom. The van der Waals surface area contributed by atoms with Gasteiger partial charge in [0, 0.05) is 32.7 Å². The number of carboxylic acid groups (broad SMARTS) is 2. The summed E-state index contributed by atoms with van der Waals surface area (Å²) >= 11 is 0. The highest BCUT2D eigenvalue weighted by atomic mass is 32.2. The van der Waals surface area contributed by atoms with Gasteiger partial charge in [0.15, 0.2) is 0 Å². The minimum Gasteiger partial charge on any atom is -0.473 e. The van der Waals surface area contributed by atoms with Crippen LogP contribution in [0.3, 0.4) is 0 Å². The normalized spacial score (nSPS) is 16.1. The third-order valence-electron chi connectivity index (χ3n) is 3.28. The Morgan fingerprint density at radius 1 is 1.12 bits per heavy atom. The predicted octanol–water partition coefficient (Wildman–Crippen LogP) is 0.0585. The molecule has 1 aromatic rings. The maximum absolute atomic E-state index is 13.0. The van der Waals surface area contributed by atoms with E-state index in [1.807, 2.05) is 6.07 Å². The van der Waals surface area contributed by atoms with E-state index in [0.29, 0.717) is 32.7 Å². The fraction of sp³-hybridized carbons (Fsp3) is 0.429. The third-order valence-corrected chi connectivity index (χ3v) is 4.58. The minimum atomic E-state index is -3.08. The summed E-state index contributed by atoms with van der Waals surface area (Å²) in [4.78, 5) is 20.3. The van der Waals surface area contributed by atoms with Crippen molar-refractivity contribution in [3.63, 3.8) is 0 Å². The van der Waals surface area contributed by atoms with Crippen molar-refractivity contribution in [3.05, 3.63) is 35.6 Å². The number of hydrogen-bond acceptors (Lipinski definition) is 5. The molecule has 24 heavy (non-hydrogen) atoms. The van der Waals surface area contributed by atoms with E-state index >= 15 is 0 Å². The molecule has 134 valence electrons. The molecule has 0 saturated carbocycles. The number of halogens is 1. The highest BCUT2D eigenvalue weighted by molar-refractivity contribution is 7.88. The number of rotatable bonds is 3. The summed E-state index contributed by atoms with van der Waals surface area (Å²) in [5, 5.41) is 14.8. The van der Waals surface area contributed by atoms with E-state index in [1.165, 1.54) is 22.7 Å². The summed E-state index contributed by atoms with van der Waals surface area (Å²) in [7, 11) is -3.08. The number of sulfonamides is 1. The molecule has 8 nitrogen and oxygen atoms in total. The monoisotopic (exact) mass is 362 g/mol. The molecule has 1 aromatic carbocycles. The van der Waals surface area contributed by atoms with Crippen molar-refractivity contribution in [2.45, 2.75) is 6.54 Å². The van der Waals surface area contributed by atoms with E-state index in [9.17, 15) is 12.8 Å². The molecule has 0 aliphatic carbocycles. The Balaban J connectivity index is 0.000000413. The first-order valence-corrected chi connectivity index (χ1v) is 8.82. The van der Waals surface area contributed by atoms with Crippen molar-refractivity contribution >= 4 is 22.0 Å². The molecular weight excluding hydrogens is 343 g/mol.